The largest absolute Gasteiger partial charge is 0.468 e. The Balaban J connectivity index is 2.05. The quantitative estimate of drug-likeness (QED) is 0.658. The van der Waals surface area contributed by atoms with E-state index in [1.165, 1.54) is 0 Å². The molecule has 0 saturated carbocycles. The van der Waals surface area contributed by atoms with E-state index >= 15 is 0 Å². The first-order chi connectivity index (χ1) is 6.33. The number of ketones is 1. The van der Waals surface area contributed by atoms with E-state index < -0.39 is 0 Å². The Labute approximate surface area is 82.7 Å². The van der Waals surface area contributed by atoms with Crippen LogP contribution in [0.15, 0.2) is 22.8 Å². The van der Waals surface area contributed by atoms with Crippen molar-refractivity contribution < 1.29 is 9.21 Å². The number of hydrogen-bond acceptors (Lipinski definition) is 3. The molecule has 0 saturated heterocycles. The van der Waals surface area contributed by atoms with Gasteiger partial charge in [0.05, 0.1) is 12.0 Å². The Hall–Kier alpha value is -0.700. The minimum absolute atomic E-state index is 0.340. The van der Waals surface area contributed by atoms with E-state index in [0.29, 0.717) is 18.6 Å². The average Bonchev–Trinajstić information content (AvgIpc) is 2.64. The summed E-state index contributed by atoms with van der Waals surface area (Å²) in [4.78, 5) is 10.9. The number of rotatable bonds is 6. The number of carbonyl (C=O) groups excluding carboxylic acids is 1. The molecule has 0 radical (unpaired) electrons. The molecule has 0 aliphatic carbocycles. The van der Waals surface area contributed by atoms with Crippen molar-refractivity contribution in [2.45, 2.75) is 25.5 Å². The standard InChI is InChI=1S/C10H14O2S/c1-2-9(11)5-7-13-8-10-4-3-6-12-10/h3-4,6H,2,5,7-8H2,1H3. The van der Waals surface area contributed by atoms with Crippen LogP contribution in [-0.2, 0) is 10.5 Å². The zero-order valence-corrected chi connectivity index (χ0v) is 8.60. The van der Waals surface area contributed by atoms with Crippen molar-refractivity contribution in [3.8, 4) is 0 Å². The van der Waals surface area contributed by atoms with Gasteiger partial charge in [-0.3, -0.25) is 4.79 Å². The zero-order chi connectivity index (χ0) is 9.52. The second kappa shape index (κ2) is 5.86. The normalized spacial score (nSPS) is 10.2. The van der Waals surface area contributed by atoms with Gasteiger partial charge < -0.3 is 4.42 Å². The van der Waals surface area contributed by atoms with Crippen LogP contribution in [0.3, 0.4) is 0 Å². The van der Waals surface area contributed by atoms with Gasteiger partial charge in [-0.1, -0.05) is 6.92 Å². The van der Waals surface area contributed by atoms with Crippen molar-refractivity contribution in [3.05, 3.63) is 24.2 Å². The second-order valence-corrected chi connectivity index (χ2v) is 3.88. The monoisotopic (exact) mass is 198 g/mol. The van der Waals surface area contributed by atoms with Gasteiger partial charge in [0, 0.05) is 18.6 Å². The van der Waals surface area contributed by atoms with E-state index in [-0.39, 0.29) is 0 Å². The van der Waals surface area contributed by atoms with E-state index in [2.05, 4.69) is 0 Å². The number of furan rings is 1. The number of thioether (sulfide) groups is 1. The molecule has 2 nitrogen and oxygen atoms in total. The third-order valence-electron chi connectivity index (χ3n) is 1.74. The summed E-state index contributed by atoms with van der Waals surface area (Å²) in [5.41, 5.74) is 0. The van der Waals surface area contributed by atoms with Gasteiger partial charge in [-0.05, 0) is 12.1 Å². The smallest absolute Gasteiger partial charge is 0.133 e. The molecule has 72 valence electrons. The number of carbonyl (C=O) groups is 1. The predicted octanol–water partition coefficient (Wildman–Crippen LogP) is 2.88. The Bertz CT molecular complexity index is 241. The zero-order valence-electron chi connectivity index (χ0n) is 7.79. The lowest BCUT2D eigenvalue weighted by atomic mass is 10.2. The Morgan fingerprint density at radius 3 is 3.08 bits per heavy atom. The maximum atomic E-state index is 10.9. The fraction of sp³-hybridized carbons (Fsp3) is 0.500. The highest BCUT2D eigenvalue weighted by Crippen LogP contribution is 2.13. The van der Waals surface area contributed by atoms with E-state index in [9.17, 15) is 4.79 Å². The van der Waals surface area contributed by atoms with Gasteiger partial charge in [-0.2, -0.15) is 11.8 Å². The van der Waals surface area contributed by atoms with Crippen molar-refractivity contribution in [1.29, 1.82) is 0 Å². The van der Waals surface area contributed by atoms with Gasteiger partial charge in [0.25, 0.3) is 0 Å². The molecule has 0 unspecified atom stereocenters. The molecule has 13 heavy (non-hydrogen) atoms. The summed E-state index contributed by atoms with van der Waals surface area (Å²) in [5, 5.41) is 0. The molecule has 1 rings (SSSR count). The van der Waals surface area contributed by atoms with Crippen LogP contribution in [0.4, 0.5) is 0 Å². The van der Waals surface area contributed by atoms with Gasteiger partial charge >= 0.3 is 0 Å². The average molecular weight is 198 g/mol. The van der Waals surface area contributed by atoms with Gasteiger partial charge in [-0.15, -0.1) is 0 Å². The van der Waals surface area contributed by atoms with Crippen molar-refractivity contribution in [2.75, 3.05) is 5.75 Å². The van der Waals surface area contributed by atoms with Crippen molar-refractivity contribution in [2.24, 2.45) is 0 Å². The van der Waals surface area contributed by atoms with Crippen LogP contribution < -0.4 is 0 Å². The third kappa shape index (κ3) is 4.18. The maximum Gasteiger partial charge on any atom is 0.133 e. The minimum atomic E-state index is 0.340. The van der Waals surface area contributed by atoms with Crippen LogP contribution in [-0.4, -0.2) is 11.5 Å². The van der Waals surface area contributed by atoms with Crippen LogP contribution in [0, 0.1) is 0 Å². The first kappa shape index (κ1) is 10.4. The Kier molecular flexibility index (Phi) is 4.68. The maximum absolute atomic E-state index is 10.9. The van der Waals surface area contributed by atoms with E-state index in [1.54, 1.807) is 18.0 Å². The van der Waals surface area contributed by atoms with Gasteiger partial charge in [-0.25, -0.2) is 0 Å². The Morgan fingerprint density at radius 1 is 1.62 bits per heavy atom. The van der Waals surface area contributed by atoms with Crippen molar-refractivity contribution in [1.82, 2.24) is 0 Å². The van der Waals surface area contributed by atoms with Crippen molar-refractivity contribution >= 4 is 17.5 Å². The second-order valence-electron chi connectivity index (χ2n) is 2.77. The molecule has 0 atom stereocenters. The number of Topliss-reactive ketones (excluding diaryl/α,β-unsaturated/α-hetero) is 1. The summed E-state index contributed by atoms with van der Waals surface area (Å²) in [6.45, 7) is 1.90. The first-order valence-corrected chi connectivity index (χ1v) is 5.60. The third-order valence-corrected chi connectivity index (χ3v) is 2.73. The summed E-state index contributed by atoms with van der Waals surface area (Å²) in [5.74, 6) is 3.08. The van der Waals surface area contributed by atoms with Crippen molar-refractivity contribution in [3.63, 3.8) is 0 Å². The highest BCUT2D eigenvalue weighted by atomic mass is 32.2. The lowest BCUT2D eigenvalue weighted by Crippen LogP contribution is -1.96. The van der Waals surface area contributed by atoms with Crippen LogP contribution in [0.1, 0.15) is 25.5 Å². The lowest BCUT2D eigenvalue weighted by molar-refractivity contribution is -0.118. The molecule has 0 amide bonds. The van der Waals surface area contributed by atoms with E-state index in [1.807, 2.05) is 19.1 Å². The SMILES string of the molecule is CCC(=O)CCSCc1ccco1. The molecule has 0 bridgehead atoms. The first-order valence-electron chi connectivity index (χ1n) is 4.44. The lowest BCUT2D eigenvalue weighted by Gasteiger charge is -1.97. The van der Waals surface area contributed by atoms with Crippen LogP contribution in [0.25, 0.3) is 0 Å². The van der Waals surface area contributed by atoms with E-state index in [0.717, 1.165) is 17.3 Å². The molecule has 1 aromatic heterocycles. The molecule has 1 aromatic rings. The molecule has 0 aliphatic rings. The molecule has 0 fully saturated rings. The molecular weight excluding hydrogens is 184 g/mol. The molecule has 0 aliphatic heterocycles. The molecular formula is C10H14O2S. The fourth-order valence-electron chi connectivity index (χ4n) is 0.930. The summed E-state index contributed by atoms with van der Waals surface area (Å²) in [6, 6.07) is 3.84. The summed E-state index contributed by atoms with van der Waals surface area (Å²) in [7, 11) is 0. The summed E-state index contributed by atoms with van der Waals surface area (Å²) in [6.07, 6.45) is 3.01. The van der Waals surface area contributed by atoms with Crippen LogP contribution in [0.2, 0.25) is 0 Å². The molecule has 3 heteroatoms. The van der Waals surface area contributed by atoms with E-state index in [4.69, 9.17) is 4.42 Å². The molecule has 0 N–H and O–H groups in total. The van der Waals surface area contributed by atoms with Gasteiger partial charge in [0.1, 0.15) is 11.5 Å². The predicted molar refractivity (Wildman–Crippen MR) is 54.8 cm³/mol. The van der Waals surface area contributed by atoms with Gasteiger partial charge in [0.15, 0.2) is 0 Å². The Morgan fingerprint density at radius 2 is 2.46 bits per heavy atom. The van der Waals surface area contributed by atoms with Gasteiger partial charge in [0.2, 0.25) is 0 Å². The summed E-state index contributed by atoms with van der Waals surface area (Å²) < 4.78 is 5.16. The molecule has 0 aromatic carbocycles. The fourth-order valence-corrected chi connectivity index (χ4v) is 1.81. The highest BCUT2D eigenvalue weighted by Gasteiger charge is 1.99. The topological polar surface area (TPSA) is 30.2 Å². The molecule has 0 spiro atoms. The van der Waals surface area contributed by atoms with Crippen LogP contribution >= 0.6 is 11.8 Å². The number of hydrogen-bond donors (Lipinski definition) is 0. The minimum Gasteiger partial charge on any atom is -0.468 e. The molecule has 1 heterocycles. The summed E-state index contributed by atoms with van der Waals surface area (Å²) >= 11 is 1.74. The van der Waals surface area contributed by atoms with Crippen LogP contribution in [0.5, 0.6) is 0 Å². The highest BCUT2D eigenvalue weighted by molar-refractivity contribution is 7.98.